The van der Waals surface area contributed by atoms with Crippen molar-refractivity contribution >= 4 is 5.78 Å². The summed E-state index contributed by atoms with van der Waals surface area (Å²) in [5.74, 6) is -0.962. The zero-order chi connectivity index (χ0) is 26.2. The van der Waals surface area contributed by atoms with Gasteiger partial charge >= 0.3 is 0 Å². The Bertz CT molecular complexity index is 875. The first-order valence-corrected chi connectivity index (χ1v) is 13.4. The fourth-order valence-corrected chi connectivity index (χ4v) is 8.53. The molecule has 3 saturated carbocycles. The maximum atomic E-state index is 13.3. The summed E-state index contributed by atoms with van der Waals surface area (Å²) >= 11 is 0. The van der Waals surface area contributed by atoms with E-state index < -0.39 is 51.9 Å². The first-order valence-electron chi connectivity index (χ1n) is 13.4. The molecule has 35 heavy (non-hydrogen) atoms. The van der Waals surface area contributed by atoms with Crippen LogP contribution in [0.5, 0.6) is 0 Å². The van der Waals surface area contributed by atoms with Crippen molar-refractivity contribution in [1.29, 1.82) is 0 Å². The van der Waals surface area contributed by atoms with E-state index in [4.69, 9.17) is 0 Å². The lowest BCUT2D eigenvalue weighted by atomic mass is 9.41. The van der Waals surface area contributed by atoms with Crippen molar-refractivity contribution in [3.05, 3.63) is 11.6 Å². The van der Waals surface area contributed by atoms with E-state index >= 15 is 0 Å². The maximum absolute atomic E-state index is 13.3. The lowest BCUT2D eigenvalue weighted by Gasteiger charge is -2.65. The molecule has 7 nitrogen and oxygen atoms in total. The SMILES string of the molecule is CC(C)(O)CC[C@H](O)[C@](C)(O)[C@H]1CCC[C@@]2(O)C3=CC(=O)[C@@H]4C[C@@H](O)[C@H](O)C[C@]4(C)[C@H]3CC[C@]12C. The van der Waals surface area contributed by atoms with Gasteiger partial charge in [0.1, 0.15) is 0 Å². The van der Waals surface area contributed by atoms with E-state index in [1.807, 2.05) is 13.8 Å². The first kappa shape index (κ1) is 27.2. The third-order valence-electron chi connectivity index (χ3n) is 10.8. The molecule has 0 radical (unpaired) electrons. The molecule has 0 spiro atoms. The van der Waals surface area contributed by atoms with Crippen molar-refractivity contribution in [2.75, 3.05) is 0 Å². The van der Waals surface area contributed by atoms with Crippen molar-refractivity contribution in [3.8, 4) is 0 Å². The van der Waals surface area contributed by atoms with Crippen LogP contribution in [0.4, 0.5) is 0 Å². The van der Waals surface area contributed by atoms with Gasteiger partial charge in [-0.3, -0.25) is 4.79 Å². The van der Waals surface area contributed by atoms with E-state index in [1.165, 1.54) is 0 Å². The molecule has 0 aromatic rings. The Morgan fingerprint density at radius 2 is 1.71 bits per heavy atom. The van der Waals surface area contributed by atoms with Crippen LogP contribution in [0.15, 0.2) is 11.6 Å². The molecule has 10 atom stereocenters. The van der Waals surface area contributed by atoms with Crippen molar-refractivity contribution in [2.45, 2.75) is 128 Å². The van der Waals surface area contributed by atoms with E-state index in [9.17, 15) is 35.4 Å². The predicted octanol–water partition coefficient (Wildman–Crippen LogP) is 2.24. The van der Waals surface area contributed by atoms with Crippen LogP contribution < -0.4 is 0 Å². The topological polar surface area (TPSA) is 138 Å². The molecule has 6 N–H and O–H groups in total. The Balaban J connectivity index is 1.70. The van der Waals surface area contributed by atoms with Gasteiger partial charge in [0.05, 0.1) is 35.1 Å². The molecule has 0 bridgehead atoms. The van der Waals surface area contributed by atoms with E-state index in [0.29, 0.717) is 50.5 Å². The maximum Gasteiger partial charge on any atom is 0.159 e. The number of allylic oxidation sites excluding steroid dienone is 1. The Morgan fingerprint density at radius 3 is 2.34 bits per heavy atom. The minimum atomic E-state index is -1.47. The molecule has 200 valence electrons. The average Bonchev–Trinajstić information content (AvgIpc) is 2.73. The van der Waals surface area contributed by atoms with Crippen LogP contribution in [-0.4, -0.2) is 71.5 Å². The van der Waals surface area contributed by atoms with Crippen molar-refractivity contribution in [2.24, 2.45) is 28.6 Å². The summed E-state index contributed by atoms with van der Waals surface area (Å²) < 4.78 is 0. The molecular formula is C28H46O7. The standard InChI is InChI=1S/C28H46O7/c1-24(2,33)11-9-23(32)27(5,34)22-7-6-10-28(35)17-13-19(29)18-14-20(30)21(31)15-25(18,3)16(17)8-12-26(22,28)4/h13,16,18,20-23,30-35H,6-12,14-15H2,1-5H3/t16-,18-,20+,21+,22-,23-,25+,26+,27+,28+/m0/s1. The molecule has 3 fully saturated rings. The lowest BCUT2D eigenvalue weighted by molar-refractivity contribution is -0.220. The first-order chi connectivity index (χ1) is 16.0. The smallest absolute Gasteiger partial charge is 0.159 e. The Morgan fingerprint density at radius 1 is 1.06 bits per heavy atom. The average molecular weight is 495 g/mol. The highest BCUT2D eigenvalue weighted by Gasteiger charge is 2.67. The van der Waals surface area contributed by atoms with Gasteiger partial charge in [0.15, 0.2) is 5.78 Å². The monoisotopic (exact) mass is 494 g/mol. The minimum absolute atomic E-state index is 0.0887. The molecule has 0 amide bonds. The van der Waals surface area contributed by atoms with Crippen molar-refractivity contribution in [3.63, 3.8) is 0 Å². The molecular weight excluding hydrogens is 448 g/mol. The third-order valence-corrected chi connectivity index (χ3v) is 10.8. The zero-order valence-corrected chi connectivity index (χ0v) is 22.0. The fraction of sp³-hybridized carbons (Fsp3) is 0.893. The summed E-state index contributed by atoms with van der Waals surface area (Å²) in [5, 5.41) is 66.0. The number of aliphatic hydroxyl groups is 6. The Kier molecular flexibility index (Phi) is 6.69. The highest BCUT2D eigenvalue weighted by atomic mass is 16.3. The Labute approximate surface area is 209 Å². The van der Waals surface area contributed by atoms with Gasteiger partial charge in [-0.2, -0.15) is 0 Å². The molecule has 0 aromatic carbocycles. The normalized spacial score (nSPS) is 46.5. The largest absolute Gasteiger partial charge is 0.390 e. The van der Waals surface area contributed by atoms with Gasteiger partial charge in [-0.1, -0.05) is 13.8 Å². The highest BCUT2D eigenvalue weighted by Crippen LogP contribution is 2.67. The number of fused-ring (bicyclic) bond motifs is 5. The number of rotatable bonds is 5. The summed E-state index contributed by atoms with van der Waals surface area (Å²) in [7, 11) is 0. The molecule has 0 unspecified atom stereocenters. The zero-order valence-electron chi connectivity index (χ0n) is 22.0. The second kappa shape index (κ2) is 8.60. The molecule has 0 aromatic heterocycles. The molecule has 7 heteroatoms. The molecule has 0 saturated heterocycles. The van der Waals surface area contributed by atoms with Gasteiger partial charge in [0.2, 0.25) is 0 Å². The summed E-state index contributed by atoms with van der Waals surface area (Å²) in [6, 6.07) is 0. The summed E-state index contributed by atoms with van der Waals surface area (Å²) in [6.45, 7) is 9.01. The van der Waals surface area contributed by atoms with E-state index in [1.54, 1.807) is 26.8 Å². The predicted molar refractivity (Wildman–Crippen MR) is 131 cm³/mol. The number of hydrogen-bond acceptors (Lipinski definition) is 7. The van der Waals surface area contributed by atoms with Crippen LogP contribution >= 0.6 is 0 Å². The van der Waals surface area contributed by atoms with Gasteiger partial charge in [-0.05, 0) is 107 Å². The Hall–Kier alpha value is -0.830. The molecule has 4 aliphatic rings. The summed E-state index contributed by atoms with van der Waals surface area (Å²) in [5.41, 5.74) is -4.31. The van der Waals surface area contributed by atoms with Gasteiger partial charge in [-0.15, -0.1) is 0 Å². The highest BCUT2D eigenvalue weighted by molar-refractivity contribution is 5.95. The summed E-state index contributed by atoms with van der Waals surface area (Å²) in [6.07, 6.45) is 3.01. The minimum Gasteiger partial charge on any atom is -0.390 e. The van der Waals surface area contributed by atoms with E-state index in [2.05, 4.69) is 0 Å². The lowest BCUT2D eigenvalue weighted by Crippen LogP contribution is -2.67. The van der Waals surface area contributed by atoms with Gasteiger partial charge in [-0.25, -0.2) is 0 Å². The number of ketones is 1. The van der Waals surface area contributed by atoms with Gasteiger partial charge in [0.25, 0.3) is 0 Å². The molecule has 0 aliphatic heterocycles. The fourth-order valence-electron chi connectivity index (χ4n) is 8.53. The second-order valence-corrected chi connectivity index (χ2v) is 13.5. The van der Waals surface area contributed by atoms with Crippen molar-refractivity contribution in [1.82, 2.24) is 0 Å². The van der Waals surface area contributed by atoms with Crippen LogP contribution in [0.3, 0.4) is 0 Å². The van der Waals surface area contributed by atoms with Gasteiger partial charge < -0.3 is 30.6 Å². The van der Waals surface area contributed by atoms with Crippen LogP contribution in [0, 0.1) is 28.6 Å². The van der Waals surface area contributed by atoms with E-state index in [-0.39, 0.29) is 30.5 Å². The number of hydrogen-bond donors (Lipinski definition) is 6. The third kappa shape index (κ3) is 4.15. The molecule has 4 rings (SSSR count). The number of carbonyl (C=O) groups is 1. The van der Waals surface area contributed by atoms with Crippen LogP contribution in [-0.2, 0) is 4.79 Å². The van der Waals surface area contributed by atoms with Crippen molar-refractivity contribution < 1.29 is 35.4 Å². The van der Waals surface area contributed by atoms with Crippen LogP contribution in [0.2, 0.25) is 0 Å². The van der Waals surface area contributed by atoms with Gasteiger partial charge in [0, 0.05) is 11.3 Å². The molecule has 4 aliphatic carbocycles. The van der Waals surface area contributed by atoms with Crippen LogP contribution in [0.1, 0.15) is 92.4 Å². The van der Waals surface area contributed by atoms with Crippen LogP contribution in [0.25, 0.3) is 0 Å². The number of carbonyl (C=O) groups excluding carboxylic acids is 1. The van der Waals surface area contributed by atoms with E-state index in [0.717, 1.165) is 0 Å². The second-order valence-electron chi connectivity index (χ2n) is 13.5. The summed E-state index contributed by atoms with van der Waals surface area (Å²) in [4.78, 5) is 13.3. The number of aliphatic hydroxyl groups excluding tert-OH is 3. The quantitative estimate of drug-likeness (QED) is 0.345. The molecule has 0 heterocycles.